The molecule has 3 fully saturated rings. The second kappa shape index (κ2) is 9.05. The first-order chi connectivity index (χ1) is 16.1. The van der Waals surface area contributed by atoms with Crippen molar-refractivity contribution in [2.45, 2.75) is 122 Å². The summed E-state index contributed by atoms with van der Waals surface area (Å²) < 4.78 is 38.2. The van der Waals surface area contributed by atoms with Gasteiger partial charge in [-0.2, -0.15) is 8.42 Å². The van der Waals surface area contributed by atoms with Gasteiger partial charge in [-0.15, -0.1) is 0 Å². The molecule has 35 heavy (non-hydrogen) atoms. The maximum absolute atomic E-state index is 12.3. The Hall–Kier alpha value is -0.510. The highest BCUT2D eigenvalue weighted by Gasteiger charge is 2.71. The fourth-order valence-electron chi connectivity index (χ4n) is 8.74. The summed E-state index contributed by atoms with van der Waals surface area (Å²) in [5, 5.41) is 34.6. The lowest BCUT2D eigenvalue weighted by Crippen LogP contribution is -2.73. The second-order valence-corrected chi connectivity index (χ2v) is 14.2. The Kier molecular flexibility index (Phi) is 7.12. The Bertz CT molecular complexity index is 947. The van der Waals surface area contributed by atoms with Gasteiger partial charge in [0.2, 0.25) is 0 Å². The average molecular weight is 515 g/mol. The molecule has 4 rings (SSSR count). The van der Waals surface area contributed by atoms with E-state index >= 15 is 0 Å². The van der Waals surface area contributed by atoms with Crippen molar-refractivity contribution in [1.29, 1.82) is 0 Å². The van der Waals surface area contributed by atoms with Crippen LogP contribution in [0, 0.1) is 34.5 Å². The summed E-state index contributed by atoms with van der Waals surface area (Å²) in [6.45, 7) is 11.0. The van der Waals surface area contributed by atoms with Crippen LogP contribution in [0.15, 0.2) is 11.6 Å². The highest BCUT2D eigenvalue weighted by molar-refractivity contribution is 7.80. The molecule has 0 spiro atoms. The monoisotopic (exact) mass is 514 g/mol. The molecule has 0 saturated heterocycles. The van der Waals surface area contributed by atoms with Gasteiger partial charge in [-0.1, -0.05) is 53.9 Å². The summed E-state index contributed by atoms with van der Waals surface area (Å²) in [7, 11) is -4.86. The number of rotatable bonds is 7. The van der Waals surface area contributed by atoms with Crippen molar-refractivity contribution in [2.75, 3.05) is 0 Å². The predicted molar refractivity (Wildman–Crippen MR) is 134 cm³/mol. The molecule has 4 N–H and O–H groups in total. The van der Waals surface area contributed by atoms with Crippen LogP contribution in [0.4, 0.5) is 0 Å². The molecule has 8 heteroatoms. The van der Waals surface area contributed by atoms with Crippen LogP contribution in [-0.2, 0) is 14.6 Å². The van der Waals surface area contributed by atoms with E-state index in [1.165, 1.54) is 19.3 Å². The van der Waals surface area contributed by atoms with Crippen molar-refractivity contribution in [3.05, 3.63) is 11.6 Å². The first-order valence-electron chi connectivity index (χ1n) is 13.6. The van der Waals surface area contributed by atoms with Crippen molar-refractivity contribution in [2.24, 2.45) is 34.5 Å². The molecule has 9 atom stereocenters. The molecule has 0 aromatic heterocycles. The number of hydrogen-bond acceptors (Lipinski definition) is 6. The van der Waals surface area contributed by atoms with Gasteiger partial charge in [0.15, 0.2) is 0 Å². The summed E-state index contributed by atoms with van der Waals surface area (Å²) in [5.41, 5.74) is -3.52. The fraction of sp³-hybridized carbons (Fsp3) is 0.926. The van der Waals surface area contributed by atoms with Crippen LogP contribution in [0.1, 0.15) is 98.8 Å². The van der Waals surface area contributed by atoms with Gasteiger partial charge in [0.05, 0.1) is 11.7 Å². The SMILES string of the molecule is CC(C)CCCC(C)C1CCC2C3=C[C@H](OS(=O)(=O)O)[C@@]4(O)C[C@@H](O)CC[C@]4(C)[C@@]3(O)CC[C@@]21C. The summed E-state index contributed by atoms with van der Waals surface area (Å²) in [6.07, 6.45) is 6.89. The normalized spacial score (nSPS) is 46.5. The highest BCUT2D eigenvalue weighted by Crippen LogP contribution is 2.69. The Morgan fingerprint density at radius 2 is 1.74 bits per heavy atom. The average Bonchev–Trinajstić information content (AvgIpc) is 3.08. The molecule has 0 amide bonds. The van der Waals surface area contributed by atoms with E-state index < -0.39 is 39.2 Å². The molecule has 202 valence electrons. The third-order valence-corrected chi connectivity index (χ3v) is 11.3. The van der Waals surface area contributed by atoms with E-state index in [2.05, 4.69) is 27.7 Å². The maximum Gasteiger partial charge on any atom is 0.398 e. The minimum atomic E-state index is -4.86. The minimum absolute atomic E-state index is 0.0298. The van der Waals surface area contributed by atoms with Gasteiger partial charge >= 0.3 is 10.4 Å². The fourth-order valence-corrected chi connectivity index (χ4v) is 9.22. The third-order valence-electron chi connectivity index (χ3n) is 10.8. The molecular formula is C27H46O7S. The van der Waals surface area contributed by atoms with Gasteiger partial charge in [0.25, 0.3) is 0 Å². The predicted octanol–water partition coefficient (Wildman–Crippen LogP) is 4.42. The Morgan fingerprint density at radius 1 is 1.06 bits per heavy atom. The molecular weight excluding hydrogens is 468 g/mol. The van der Waals surface area contributed by atoms with Crippen LogP contribution in [0.5, 0.6) is 0 Å². The molecule has 4 aliphatic carbocycles. The van der Waals surface area contributed by atoms with Gasteiger partial charge in [-0.25, -0.2) is 4.18 Å². The van der Waals surface area contributed by atoms with Crippen molar-refractivity contribution in [3.8, 4) is 0 Å². The van der Waals surface area contributed by atoms with Crippen molar-refractivity contribution >= 4 is 10.4 Å². The largest absolute Gasteiger partial charge is 0.398 e. The number of fused-ring (bicyclic) bond motifs is 5. The van der Waals surface area contributed by atoms with Crippen LogP contribution >= 0.6 is 0 Å². The quantitative estimate of drug-likeness (QED) is 0.293. The number of aliphatic hydroxyl groups is 3. The third kappa shape index (κ3) is 4.34. The van der Waals surface area contributed by atoms with Crippen LogP contribution in [0.3, 0.4) is 0 Å². The lowest BCUT2D eigenvalue weighted by molar-refractivity contribution is -0.255. The van der Waals surface area contributed by atoms with E-state index in [9.17, 15) is 28.3 Å². The molecule has 0 aliphatic heterocycles. The van der Waals surface area contributed by atoms with Crippen LogP contribution in [0.2, 0.25) is 0 Å². The van der Waals surface area contributed by atoms with Gasteiger partial charge in [0, 0.05) is 11.8 Å². The van der Waals surface area contributed by atoms with Gasteiger partial charge in [-0.3, -0.25) is 4.55 Å². The maximum atomic E-state index is 12.3. The second-order valence-electron chi connectivity index (χ2n) is 13.1. The Labute approximate surface area is 211 Å². The van der Waals surface area contributed by atoms with E-state index in [1.807, 2.05) is 0 Å². The van der Waals surface area contributed by atoms with Crippen molar-refractivity contribution < 1.29 is 32.5 Å². The van der Waals surface area contributed by atoms with E-state index in [1.54, 1.807) is 13.0 Å². The summed E-state index contributed by atoms with van der Waals surface area (Å²) in [4.78, 5) is 0. The van der Waals surface area contributed by atoms with Gasteiger partial charge < -0.3 is 15.3 Å². The van der Waals surface area contributed by atoms with Gasteiger partial charge in [0.1, 0.15) is 11.7 Å². The molecule has 0 bridgehead atoms. The molecule has 0 aromatic carbocycles. The van der Waals surface area contributed by atoms with E-state index in [0.29, 0.717) is 37.0 Å². The highest BCUT2D eigenvalue weighted by atomic mass is 32.3. The van der Waals surface area contributed by atoms with Crippen molar-refractivity contribution in [3.63, 3.8) is 0 Å². The zero-order chi connectivity index (χ0) is 26.0. The van der Waals surface area contributed by atoms with E-state index in [-0.39, 0.29) is 17.8 Å². The molecule has 3 unspecified atom stereocenters. The number of hydrogen-bond donors (Lipinski definition) is 4. The zero-order valence-corrected chi connectivity index (χ0v) is 22.9. The number of aliphatic hydroxyl groups excluding tert-OH is 1. The summed E-state index contributed by atoms with van der Waals surface area (Å²) in [5.74, 6) is 1.81. The summed E-state index contributed by atoms with van der Waals surface area (Å²) >= 11 is 0. The van der Waals surface area contributed by atoms with E-state index in [4.69, 9.17) is 4.18 Å². The lowest BCUT2D eigenvalue weighted by Gasteiger charge is -2.66. The molecule has 4 aliphatic rings. The summed E-state index contributed by atoms with van der Waals surface area (Å²) in [6, 6.07) is 0. The lowest BCUT2D eigenvalue weighted by atomic mass is 9.43. The van der Waals surface area contributed by atoms with Gasteiger partial charge in [-0.05, 0) is 79.3 Å². The molecule has 0 radical (unpaired) electrons. The van der Waals surface area contributed by atoms with Crippen molar-refractivity contribution in [1.82, 2.24) is 0 Å². The molecule has 7 nitrogen and oxygen atoms in total. The van der Waals surface area contributed by atoms with E-state index in [0.717, 1.165) is 24.8 Å². The molecule has 0 heterocycles. The zero-order valence-electron chi connectivity index (χ0n) is 22.0. The first kappa shape index (κ1) is 27.5. The Morgan fingerprint density at radius 3 is 2.37 bits per heavy atom. The minimum Gasteiger partial charge on any atom is -0.393 e. The smallest absolute Gasteiger partial charge is 0.393 e. The van der Waals surface area contributed by atoms with Crippen LogP contribution in [0.25, 0.3) is 0 Å². The van der Waals surface area contributed by atoms with Crippen LogP contribution in [-0.4, -0.2) is 51.7 Å². The topological polar surface area (TPSA) is 124 Å². The standard InChI is InChI=1S/C27H46O7S/c1-17(2)7-6-8-18(3)20-9-10-21-22-15-23(34-35(31,32)33)27(30)16-19(28)11-12-25(27,5)26(22,29)14-13-24(20,21)4/h15,17-21,23,28-30H,6-14,16H2,1-5H3,(H,31,32,33)/t18?,19-,20?,21?,23-,24+,25+,26+,27-/m0/s1. The molecule has 3 saturated carbocycles. The Balaban J connectivity index is 1.72. The first-order valence-corrected chi connectivity index (χ1v) is 14.9. The van der Waals surface area contributed by atoms with Crippen LogP contribution < -0.4 is 0 Å². The molecule has 0 aromatic rings.